The second kappa shape index (κ2) is 9.47. The first-order valence-corrected chi connectivity index (χ1v) is 11.2. The topological polar surface area (TPSA) is 85.0 Å². The molecule has 2 aliphatic heterocycles. The number of likely N-dealkylation sites (N-methyl/N-ethyl adjacent to an activating group) is 1. The molecule has 2 N–H and O–H groups in total. The smallest absolute Gasteiger partial charge is 0.358 e. The molecule has 35 heavy (non-hydrogen) atoms. The SMILES string of the molecule is CNC(=O)CN1CN(c2ccccc2)C2(CCN(C(=O)Nc3ccc(C(F)(F)F)cc3)CC2)C1=O. The van der Waals surface area contributed by atoms with E-state index >= 15 is 0 Å². The fourth-order valence-corrected chi connectivity index (χ4v) is 4.60. The number of para-hydroxylation sites is 1. The molecule has 186 valence electrons. The zero-order chi connectivity index (χ0) is 25.2. The van der Waals surface area contributed by atoms with Crippen molar-refractivity contribution in [3.63, 3.8) is 0 Å². The number of likely N-dealkylation sites (tertiary alicyclic amines) is 1. The van der Waals surface area contributed by atoms with Crippen LogP contribution in [0.2, 0.25) is 0 Å². The third-order valence-corrected chi connectivity index (χ3v) is 6.54. The molecule has 0 aromatic heterocycles. The van der Waals surface area contributed by atoms with Crippen LogP contribution in [0.1, 0.15) is 18.4 Å². The van der Waals surface area contributed by atoms with Gasteiger partial charge in [-0.05, 0) is 49.2 Å². The fraction of sp³-hybridized carbons (Fsp3) is 0.375. The van der Waals surface area contributed by atoms with E-state index in [0.717, 1.165) is 17.8 Å². The van der Waals surface area contributed by atoms with Crippen LogP contribution in [-0.2, 0) is 15.8 Å². The van der Waals surface area contributed by atoms with Gasteiger partial charge in [0.05, 0.1) is 12.2 Å². The monoisotopic (exact) mass is 489 g/mol. The van der Waals surface area contributed by atoms with Gasteiger partial charge in [0, 0.05) is 31.5 Å². The Bertz CT molecular complexity index is 1080. The minimum absolute atomic E-state index is 0.0570. The maximum Gasteiger partial charge on any atom is 0.416 e. The molecule has 8 nitrogen and oxygen atoms in total. The van der Waals surface area contributed by atoms with Crippen molar-refractivity contribution in [1.82, 2.24) is 15.1 Å². The standard InChI is InChI=1S/C24H26F3N5O3/c1-28-20(33)15-31-16-32(19-5-3-2-4-6-19)23(21(31)34)11-13-30(14-12-23)22(35)29-18-9-7-17(8-10-18)24(25,26)27/h2-10H,11-16H2,1H3,(H,28,33)(H,29,35). The van der Waals surface area contributed by atoms with E-state index in [0.29, 0.717) is 12.8 Å². The van der Waals surface area contributed by atoms with Gasteiger partial charge in [-0.25, -0.2) is 4.79 Å². The summed E-state index contributed by atoms with van der Waals surface area (Å²) in [5.74, 6) is -0.426. The molecular weight excluding hydrogens is 463 g/mol. The summed E-state index contributed by atoms with van der Waals surface area (Å²) >= 11 is 0. The van der Waals surface area contributed by atoms with Gasteiger partial charge < -0.3 is 25.3 Å². The summed E-state index contributed by atoms with van der Waals surface area (Å²) in [6.07, 6.45) is -3.75. The van der Waals surface area contributed by atoms with E-state index in [1.807, 2.05) is 35.2 Å². The number of piperidine rings is 1. The number of urea groups is 1. The summed E-state index contributed by atoms with van der Waals surface area (Å²) in [7, 11) is 1.52. The predicted molar refractivity (Wildman–Crippen MR) is 124 cm³/mol. The second-order valence-electron chi connectivity index (χ2n) is 8.61. The second-order valence-corrected chi connectivity index (χ2v) is 8.61. The first-order chi connectivity index (χ1) is 16.6. The number of carbonyl (C=O) groups is 3. The van der Waals surface area contributed by atoms with E-state index in [9.17, 15) is 27.6 Å². The third-order valence-electron chi connectivity index (χ3n) is 6.54. The first-order valence-electron chi connectivity index (χ1n) is 11.2. The van der Waals surface area contributed by atoms with Crippen LogP contribution in [0.3, 0.4) is 0 Å². The van der Waals surface area contributed by atoms with E-state index in [4.69, 9.17) is 0 Å². The van der Waals surface area contributed by atoms with Crippen LogP contribution in [-0.4, -0.2) is 66.5 Å². The lowest BCUT2D eigenvalue weighted by Crippen LogP contribution is -2.58. The van der Waals surface area contributed by atoms with Crippen LogP contribution in [0.15, 0.2) is 54.6 Å². The number of anilines is 2. The number of carbonyl (C=O) groups excluding carboxylic acids is 3. The van der Waals surface area contributed by atoms with Gasteiger partial charge in [0.15, 0.2) is 0 Å². The zero-order valence-electron chi connectivity index (χ0n) is 19.1. The van der Waals surface area contributed by atoms with Gasteiger partial charge in [0.2, 0.25) is 5.91 Å². The quantitative estimate of drug-likeness (QED) is 0.691. The number of hydrogen-bond donors (Lipinski definition) is 2. The summed E-state index contributed by atoms with van der Waals surface area (Å²) < 4.78 is 38.3. The molecule has 2 aromatic rings. The minimum Gasteiger partial charge on any atom is -0.358 e. The van der Waals surface area contributed by atoms with Crippen LogP contribution in [0.4, 0.5) is 29.3 Å². The minimum atomic E-state index is -4.45. The molecule has 0 atom stereocenters. The summed E-state index contributed by atoms with van der Waals surface area (Å²) in [4.78, 5) is 43.3. The van der Waals surface area contributed by atoms with Crippen LogP contribution in [0.5, 0.6) is 0 Å². The molecule has 0 unspecified atom stereocenters. The van der Waals surface area contributed by atoms with E-state index in [1.54, 1.807) is 4.90 Å². The predicted octanol–water partition coefficient (Wildman–Crippen LogP) is 3.12. The Hall–Kier alpha value is -3.76. The highest BCUT2D eigenvalue weighted by Gasteiger charge is 2.54. The lowest BCUT2D eigenvalue weighted by molar-refractivity contribution is -0.137. The number of halogens is 3. The molecule has 2 saturated heterocycles. The van der Waals surface area contributed by atoms with Crippen molar-refractivity contribution in [2.24, 2.45) is 0 Å². The van der Waals surface area contributed by atoms with Crippen molar-refractivity contribution in [1.29, 1.82) is 0 Å². The average molecular weight is 489 g/mol. The number of benzene rings is 2. The Labute approximate surface area is 200 Å². The Balaban J connectivity index is 1.47. The highest BCUT2D eigenvalue weighted by atomic mass is 19.4. The summed E-state index contributed by atoms with van der Waals surface area (Å²) in [5, 5.41) is 5.16. The highest BCUT2D eigenvalue weighted by Crippen LogP contribution is 2.39. The van der Waals surface area contributed by atoms with Crippen molar-refractivity contribution in [3.05, 3.63) is 60.2 Å². The maximum absolute atomic E-state index is 13.5. The highest BCUT2D eigenvalue weighted by molar-refractivity contribution is 5.96. The molecule has 0 aliphatic carbocycles. The van der Waals surface area contributed by atoms with Crippen LogP contribution >= 0.6 is 0 Å². The van der Waals surface area contributed by atoms with Crippen molar-refractivity contribution in [3.8, 4) is 0 Å². The Morgan fingerprint density at radius 2 is 1.63 bits per heavy atom. The Morgan fingerprint density at radius 1 is 1.00 bits per heavy atom. The largest absolute Gasteiger partial charge is 0.416 e. The average Bonchev–Trinajstić information content (AvgIpc) is 3.10. The van der Waals surface area contributed by atoms with E-state index < -0.39 is 23.3 Å². The molecule has 0 saturated carbocycles. The zero-order valence-corrected chi connectivity index (χ0v) is 19.1. The van der Waals surface area contributed by atoms with Gasteiger partial charge in [-0.1, -0.05) is 18.2 Å². The van der Waals surface area contributed by atoms with Gasteiger partial charge in [0.1, 0.15) is 12.1 Å². The molecule has 2 fully saturated rings. The van der Waals surface area contributed by atoms with Gasteiger partial charge >= 0.3 is 12.2 Å². The fourth-order valence-electron chi connectivity index (χ4n) is 4.60. The molecule has 2 aromatic carbocycles. The Morgan fingerprint density at radius 3 is 2.20 bits per heavy atom. The van der Waals surface area contributed by atoms with Crippen molar-refractivity contribution in [2.75, 3.05) is 43.6 Å². The molecule has 0 bridgehead atoms. The van der Waals surface area contributed by atoms with E-state index in [-0.39, 0.29) is 43.8 Å². The maximum atomic E-state index is 13.5. The first kappa shape index (κ1) is 24.4. The number of nitrogens with zero attached hydrogens (tertiary/aromatic N) is 3. The normalized spacial score (nSPS) is 17.6. The lowest BCUT2D eigenvalue weighted by Gasteiger charge is -2.43. The summed E-state index contributed by atoms with van der Waals surface area (Å²) in [5.41, 5.74) is -0.580. The molecule has 4 amide bonds. The number of rotatable bonds is 4. The molecule has 2 aliphatic rings. The number of hydrogen-bond acceptors (Lipinski definition) is 4. The molecule has 0 radical (unpaired) electrons. The van der Waals surface area contributed by atoms with Crippen molar-refractivity contribution >= 4 is 29.2 Å². The number of amides is 4. The molecule has 1 spiro atoms. The van der Waals surface area contributed by atoms with Crippen molar-refractivity contribution in [2.45, 2.75) is 24.6 Å². The van der Waals surface area contributed by atoms with Crippen molar-refractivity contribution < 1.29 is 27.6 Å². The number of nitrogens with one attached hydrogen (secondary N) is 2. The van der Waals surface area contributed by atoms with Gasteiger partial charge in [-0.15, -0.1) is 0 Å². The molecule has 4 rings (SSSR count). The Kier molecular flexibility index (Phi) is 6.60. The van der Waals surface area contributed by atoms with Crippen LogP contribution in [0, 0.1) is 0 Å². The molecular formula is C24H26F3N5O3. The van der Waals surface area contributed by atoms with Gasteiger partial charge in [0.25, 0.3) is 5.91 Å². The number of alkyl halides is 3. The van der Waals surface area contributed by atoms with Crippen LogP contribution in [0.25, 0.3) is 0 Å². The summed E-state index contributed by atoms with van der Waals surface area (Å²) in [6.45, 7) is 0.747. The molecule has 11 heteroatoms. The third kappa shape index (κ3) is 4.89. The van der Waals surface area contributed by atoms with E-state index in [1.165, 1.54) is 24.1 Å². The van der Waals surface area contributed by atoms with Gasteiger partial charge in [-0.2, -0.15) is 13.2 Å². The molecule has 2 heterocycles. The van der Waals surface area contributed by atoms with Crippen LogP contribution < -0.4 is 15.5 Å². The van der Waals surface area contributed by atoms with Gasteiger partial charge in [-0.3, -0.25) is 9.59 Å². The summed E-state index contributed by atoms with van der Waals surface area (Å²) in [6, 6.07) is 13.2. The lowest BCUT2D eigenvalue weighted by atomic mass is 9.85. The van der Waals surface area contributed by atoms with E-state index in [2.05, 4.69) is 10.6 Å².